The minimum Gasteiger partial charge on any atom is -0.302 e. The van der Waals surface area contributed by atoms with Crippen molar-refractivity contribution in [3.05, 3.63) is 22.5 Å². The first-order valence-corrected chi connectivity index (χ1v) is 4.21. The molecule has 0 aliphatic heterocycles. The van der Waals surface area contributed by atoms with Crippen molar-refractivity contribution in [2.24, 2.45) is 0 Å². The van der Waals surface area contributed by atoms with Crippen molar-refractivity contribution in [3.8, 4) is 0 Å². The fourth-order valence-electron chi connectivity index (χ4n) is 0.933. The van der Waals surface area contributed by atoms with E-state index in [1.54, 1.807) is 6.92 Å². The molecule has 0 atom stereocenters. The summed E-state index contributed by atoms with van der Waals surface area (Å²) in [7, 11) is 3.77. The van der Waals surface area contributed by atoms with Crippen molar-refractivity contribution in [1.29, 1.82) is 0 Å². The van der Waals surface area contributed by atoms with Crippen LogP contribution in [0.25, 0.3) is 0 Å². The Balaban J connectivity index is 2.99. The summed E-state index contributed by atoms with van der Waals surface area (Å²) in [6, 6.07) is 0. The third-order valence-corrected chi connectivity index (χ3v) is 1.73. The van der Waals surface area contributed by atoms with E-state index in [9.17, 15) is 4.39 Å². The number of nitrogens with zero attached hydrogens (tertiary/aromatic N) is 3. The Morgan fingerprint density at radius 1 is 1.38 bits per heavy atom. The first-order valence-electron chi connectivity index (χ1n) is 3.84. The Bertz CT molecular complexity index is 291. The van der Waals surface area contributed by atoms with Gasteiger partial charge in [0, 0.05) is 0 Å². The van der Waals surface area contributed by atoms with Crippen molar-refractivity contribution in [1.82, 2.24) is 14.9 Å². The Labute approximate surface area is 81.6 Å². The molecule has 0 N–H and O–H groups in total. The van der Waals surface area contributed by atoms with Crippen LogP contribution in [-0.4, -0.2) is 29.0 Å². The maximum absolute atomic E-state index is 13.0. The van der Waals surface area contributed by atoms with Crippen LogP contribution >= 0.6 is 11.6 Å². The summed E-state index contributed by atoms with van der Waals surface area (Å²) < 4.78 is 13.0. The predicted octanol–water partition coefficient (Wildman–Crippen LogP) is 1.64. The molecule has 0 saturated heterocycles. The average Bonchev–Trinajstić information content (AvgIpc) is 1.98. The van der Waals surface area contributed by atoms with Gasteiger partial charge in [0.2, 0.25) is 0 Å². The third-order valence-electron chi connectivity index (χ3n) is 1.48. The van der Waals surface area contributed by atoms with E-state index in [1.165, 1.54) is 0 Å². The van der Waals surface area contributed by atoms with Gasteiger partial charge in [-0.1, -0.05) is 11.6 Å². The summed E-state index contributed by atoms with van der Waals surface area (Å²) in [6.07, 6.45) is 0. The van der Waals surface area contributed by atoms with Gasteiger partial charge in [0.05, 0.1) is 12.2 Å². The molecular formula is C8H11ClFN3. The van der Waals surface area contributed by atoms with E-state index < -0.39 is 5.82 Å². The van der Waals surface area contributed by atoms with Crippen LogP contribution in [0.3, 0.4) is 0 Å². The minimum atomic E-state index is -0.538. The van der Waals surface area contributed by atoms with Gasteiger partial charge in [-0.05, 0) is 21.0 Å². The second-order valence-corrected chi connectivity index (χ2v) is 3.43. The first-order chi connectivity index (χ1) is 6.00. The molecule has 13 heavy (non-hydrogen) atoms. The van der Waals surface area contributed by atoms with Gasteiger partial charge in [-0.2, -0.15) is 0 Å². The summed E-state index contributed by atoms with van der Waals surface area (Å²) in [5.74, 6) is -0.00178. The molecule has 0 spiro atoms. The lowest BCUT2D eigenvalue weighted by Gasteiger charge is -2.09. The SMILES string of the molecule is Cc1nc(CN(C)C)nc(Cl)c1F. The molecule has 0 radical (unpaired) electrons. The van der Waals surface area contributed by atoms with Crippen LogP contribution in [0.15, 0.2) is 0 Å². The molecule has 1 aromatic heterocycles. The van der Waals surface area contributed by atoms with Crippen LogP contribution in [0.2, 0.25) is 5.15 Å². The summed E-state index contributed by atoms with van der Waals surface area (Å²) in [6.45, 7) is 2.13. The van der Waals surface area contributed by atoms with Gasteiger partial charge in [0.1, 0.15) is 5.82 Å². The Kier molecular flexibility index (Phi) is 3.17. The van der Waals surface area contributed by atoms with E-state index in [0.717, 1.165) is 0 Å². The predicted molar refractivity (Wildman–Crippen MR) is 49.1 cm³/mol. The van der Waals surface area contributed by atoms with Crippen LogP contribution in [0.4, 0.5) is 4.39 Å². The molecule has 0 aromatic carbocycles. The van der Waals surface area contributed by atoms with Crippen molar-refractivity contribution in [2.75, 3.05) is 14.1 Å². The standard InChI is InChI=1S/C8H11ClFN3/c1-5-7(10)8(9)12-6(11-5)4-13(2)3/h4H2,1-3H3. The molecule has 3 nitrogen and oxygen atoms in total. The molecule has 0 bridgehead atoms. The van der Waals surface area contributed by atoms with E-state index in [2.05, 4.69) is 9.97 Å². The van der Waals surface area contributed by atoms with Gasteiger partial charge < -0.3 is 4.90 Å². The fraction of sp³-hybridized carbons (Fsp3) is 0.500. The number of aromatic nitrogens is 2. The lowest BCUT2D eigenvalue weighted by Crippen LogP contribution is -2.14. The van der Waals surface area contributed by atoms with Crippen LogP contribution in [0.5, 0.6) is 0 Å². The van der Waals surface area contributed by atoms with Crippen molar-refractivity contribution in [3.63, 3.8) is 0 Å². The van der Waals surface area contributed by atoms with E-state index >= 15 is 0 Å². The summed E-state index contributed by atoms with van der Waals surface area (Å²) in [4.78, 5) is 9.66. The topological polar surface area (TPSA) is 29.0 Å². The molecule has 0 amide bonds. The van der Waals surface area contributed by atoms with Crippen LogP contribution in [0, 0.1) is 12.7 Å². The van der Waals surface area contributed by atoms with Crippen LogP contribution < -0.4 is 0 Å². The highest BCUT2D eigenvalue weighted by Crippen LogP contribution is 2.13. The van der Waals surface area contributed by atoms with Crippen molar-refractivity contribution < 1.29 is 4.39 Å². The smallest absolute Gasteiger partial charge is 0.181 e. The number of aryl methyl sites for hydroxylation is 1. The van der Waals surface area contributed by atoms with Gasteiger partial charge in [0.25, 0.3) is 0 Å². The molecule has 72 valence electrons. The Hall–Kier alpha value is -0.740. The Morgan fingerprint density at radius 3 is 2.46 bits per heavy atom. The first kappa shape index (κ1) is 10.3. The highest BCUT2D eigenvalue weighted by atomic mass is 35.5. The maximum atomic E-state index is 13.0. The molecule has 0 fully saturated rings. The lowest BCUT2D eigenvalue weighted by molar-refractivity contribution is 0.388. The van der Waals surface area contributed by atoms with Gasteiger partial charge in [-0.25, -0.2) is 14.4 Å². The molecule has 1 heterocycles. The van der Waals surface area contributed by atoms with Crippen molar-refractivity contribution in [2.45, 2.75) is 13.5 Å². The number of hydrogen-bond acceptors (Lipinski definition) is 3. The summed E-state index contributed by atoms with van der Waals surface area (Å²) in [5, 5.41) is -0.107. The molecule has 1 aromatic rings. The van der Waals surface area contributed by atoms with Gasteiger partial charge in [-0.3, -0.25) is 0 Å². The monoisotopic (exact) mass is 203 g/mol. The highest BCUT2D eigenvalue weighted by molar-refractivity contribution is 6.29. The fourth-order valence-corrected chi connectivity index (χ4v) is 1.17. The highest BCUT2D eigenvalue weighted by Gasteiger charge is 2.09. The number of rotatable bonds is 2. The quantitative estimate of drug-likeness (QED) is 0.685. The minimum absolute atomic E-state index is 0.107. The molecule has 0 aliphatic rings. The molecule has 5 heteroatoms. The molecule has 0 unspecified atom stereocenters. The Morgan fingerprint density at radius 2 is 2.00 bits per heavy atom. The number of halogens is 2. The molecule has 0 saturated carbocycles. The molecule has 1 rings (SSSR count). The number of hydrogen-bond donors (Lipinski definition) is 0. The van der Waals surface area contributed by atoms with Gasteiger partial charge >= 0.3 is 0 Å². The normalized spacial score (nSPS) is 10.9. The molecule has 0 aliphatic carbocycles. The van der Waals surface area contributed by atoms with E-state index in [1.807, 2.05) is 19.0 Å². The third kappa shape index (κ3) is 2.60. The van der Waals surface area contributed by atoms with E-state index in [4.69, 9.17) is 11.6 Å². The van der Waals surface area contributed by atoms with Crippen LogP contribution in [-0.2, 0) is 6.54 Å². The summed E-state index contributed by atoms with van der Waals surface area (Å²) in [5.41, 5.74) is 0.289. The zero-order valence-electron chi connectivity index (χ0n) is 7.80. The second kappa shape index (κ2) is 3.98. The van der Waals surface area contributed by atoms with Crippen molar-refractivity contribution >= 4 is 11.6 Å². The van der Waals surface area contributed by atoms with Gasteiger partial charge in [-0.15, -0.1) is 0 Å². The van der Waals surface area contributed by atoms with E-state index in [-0.39, 0.29) is 10.8 Å². The molecular weight excluding hydrogens is 193 g/mol. The largest absolute Gasteiger partial charge is 0.302 e. The van der Waals surface area contributed by atoms with Gasteiger partial charge in [0.15, 0.2) is 11.0 Å². The summed E-state index contributed by atoms with van der Waals surface area (Å²) >= 11 is 5.56. The zero-order chi connectivity index (χ0) is 10.0. The van der Waals surface area contributed by atoms with E-state index in [0.29, 0.717) is 12.4 Å². The maximum Gasteiger partial charge on any atom is 0.181 e. The second-order valence-electron chi connectivity index (χ2n) is 3.07. The average molecular weight is 204 g/mol. The van der Waals surface area contributed by atoms with Crippen LogP contribution in [0.1, 0.15) is 11.5 Å². The zero-order valence-corrected chi connectivity index (χ0v) is 8.56. The lowest BCUT2D eigenvalue weighted by atomic mass is 10.4.